The van der Waals surface area contributed by atoms with E-state index in [1.807, 2.05) is 19.1 Å². The van der Waals surface area contributed by atoms with E-state index in [1.54, 1.807) is 37.3 Å². The number of aryl methyl sites for hydroxylation is 2. The van der Waals surface area contributed by atoms with Crippen LogP contribution in [0.25, 0.3) is 0 Å². The van der Waals surface area contributed by atoms with Gasteiger partial charge in [-0.3, -0.25) is 14.3 Å². The van der Waals surface area contributed by atoms with Crippen molar-refractivity contribution in [1.82, 2.24) is 0 Å². The lowest BCUT2D eigenvalue weighted by molar-refractivity contribution is -0.114. The van der Waals surface area contributed by atoms with Crippen molar-refractivity contribution in [3.05, 3.63) is 82.4 Å². The number of hydrogen-bond acceptors (Lipinski definition) is 4. The normalized spacial score (nSPS) is 11.0. The third kappa shape index (κ3) is 5.66. The van der Waals surface area contributed by atoms with Crippen LogP contribution in [0.3, 0.4) is 0 Å². The van der Waals surface area contributed by atoms with Gasteiger partial charge in [-0.15, -0.1) is 0 Å². The number of anilines is 3. The van der Waals surface area contributed by atoms with Crippen LogP contribution in [0.2, 0.25) is 5.02 Å². The van der Waals surface area contributed by atoms with E-state index in [2.05, 4.69) is 15.4 Å². The molecule has 0 aromatic heterocycles. The zero-order valence-electron chi connectivity index (χ0n) is 17.7. The Kier molecular flexibility index (Phi) is 6.86. The number of nitrogens with one attached hydrogen (secondary N) is 3. The van der Waals surface area contributed by atoms with Gasteiger partial charge in [-0.05, 0) is 67.4 Å². The molecule has 3 rings (SSSR count). The molecule has 0 heterocycles. The van der Waals surface area contributed by atoms with Crippen LogP contribution in [-0.4, -0.2) is 20.2 Å². The molecule has 0 radical (unpaired) electrons. The Labute approximate surface area is 191 Å². The van der Waals surface area contributed by atoms with Crippen molar-refractivity contribution in [3.63, 3.8) is 0 Å². The lowest BCUT2D eigenvalue weighted by Gasteiger charge is -2.14. The molecule has 0 atom stereocenters. The Balaban J connectivity index is 1.87. The van der Waals surface area contributed by atoms with Crippen LogP contribution in [0.5, 0.6) is 0 Å². The van der Waals surface area contributed by atoms with E-state index in [0.29, 0.717) is 17.1 Å². The molecule has 3 aromatic carbocycles. The standard InChI is InChI=1S/C23H22ClN3O4S/c1-14-7-8-15(2)21(11-14)27-32(30,31)22-12-17(9-10-20(22)24)23(29)26-19-6-4-5-18(13-19)25-16(3)28/h4-13,27H,1-3H3,(H,25,28)(H,26,29). The first-order chi connectivity index (χ1) is 15.0. The molecule has 0 unspecified atom stereocenters. The Bertz CT molecular complexity index is 1310. The summed E-state index contributed by atoms with van der Waals surface area (Å²) in [5.41, 5.74) is 3.16. The summed E-state index contributed by atoms with van der Waals surface area (Å²) in [6.07, 6.45) is 0. The fourth-order valence-electron chi connectivity index (χ4n) is 2.98. The lowest BCUT2D eigenvalue weighted by atomic mass is 10.1. The molecular formula is C23H22ClN3O4S. The lowest BCUT2D eigenvalue weighted by Crippen LogP contribution is -2.17. The number of benzene rings is 3. The molecule has 3 aromatic rings. The summed E-state index contributed by atoms with van der Waals surface area (Å²) in [7, 11) is -4.04. The molecule has 0 bridgehead atoms. The highest BCUT2D eigenvalue weighted by molar-refractivity contribution is 7.92. The molecule has 7 nitrogen and oxygen atoms in total. The van der Waals surface area contributed by atoms with Gasteiger partial charge in [0.2, 0.25) is 5.91 Å². The van der Waals surface area contributed by atoms with Gasteiger partial charge < -0.3 is 10.6 Å². The van der Waals surface area contributed by atoms with Gasteiger partial charge in [0.25, 0.3) is 15.9 Å². The number of carbonyl (C=O) groups excluding carboxylic acids is 2. The maximum Gasteiger partial charge on any atom is 0.263 e. The van der Waals surface area contributed by atoms with Crippen molar-refractivity contribution in [3.8, 4) is 0 Å². The average molecular weight is 472 g/mol. The van der Waals surface area contributed by atoms with E-state index in [0.717, 1.165) is 11.1 Å². The maximum atomic E-state index is 13.0. The fraction of sp³-hybridized carbons (Fsp3) is 0.130. The van der Waals surface area contributed by atoms with Crippen molar-refractivity contribution in [1.29, 1.82) is 0 Å². The smallest absolute Gasteiger partial charge is 0.263 e. The second kappa shape index (κ2) is 9.42. The van der Waals surface area contributed by atoms with Gasteiger partial charge in [-0.2, -0.15) is 0 Å². The SMILES string of the molecule is CC(=O)Nc1cccc(NC(=O)c2ccc(Cl)c(S(=O)(=O)Nc3cc(C)ccc3C)c2)c1. The quantitative estimate of drug-likeness (QED) is 0.472. The van der Waals surface area contributed by atoms with E-state index in [9.17, 15) is 18.0 Å². The van der Waals surface area contributed by atoms with Gasteiger partial charge in [0.1, 0.15) is 4.90 Å². The Morgan fingerprint density at radius 1 is 0.875 bits per heavy atom. The summed E-state index contributed by atoms with van der Waals surface area (Å²) in [6, 6.07) is 16.0. The summed E-state index contributed by atoms with van der Waals surface area (Å²) in [4.78, 5) is 23.8. The molecule has 0 aliphatic heterocycles. The van der Waals surface area contributed by atoms with Crippen molar-refractivity contribution in [2.24, 2.45) is 0 Å². The Morgan fingerprint density at radius 2 is 1.56 bits per heavy atom. The predicted octanol–water partition coefficient (Wildman–Crippen LogP) is 4.97. The zero-order chi connectivity index (χ0) is 23.5. The maximum absolute atomic E-state index is 13.0. The number of hydrogen-bond donors (Lipinski definition) is 3. The molecule has 0 aliphatic rings. The van der Waals surface area contributed by atoms with E-state index < -0.39 is 15.9 Å². The van der Waals surface area contributed by atoms with Crippen molar-refractivity contribution in [2.75, 3.05) is 15.4 Å². The highest BCUT2D eigenvalue weighted by Crippen LogP contribution is 2.27. The largest absolute Gasteiger partial charge is 0.326 e. The van der Waals surface area contributed by atoms with Gasteiger partial charge in [0, 0.05) is 23.9 Å². The first kappa shape index (κ1) is 23.3. The minimum atomic E-state index is -4.04. The number of rotatable bonds is 6. The van der Waals surface area contributed by atoms with Crippen molar-refractivity contribution in [2.45, 2.75) is 25.7 Å². The van der Waals surface area contributed by atoms with Crippen molar-refractivity contribution >= 4 is 50.5 Å². The molecule has 0 spiro atoms. The summed E-state index contributed by atoms with van der Waals surface area (Å²) >= 11 is 6.16. The predicted molar refractivity (Wildman–Crippen MR) is 127 cm³/mol. The molecule has 9 heteroatoms. The second-order valence-electron chi connectivity index (χ2n) is 7.29. The van der Waals surface area contributed by atoms with Crippen LogP contribution >= 0.6 is 11.6 Å². The Hall–Kier alpha value is -3.36. The van der Waals surface area contributed by atoms with E-state index in [4.69, 9.17) is 11.6 Å². The molecule has 0 fully saturated rings. The monoisotopic (exact) mass is 471 g/mol. The van der Waals surface area contributed by atoms with Gasteiger partial charge >= 0.3 is 0 Å². The molecule has 0 saturated carbocycles. The molecule has 0 aliphatic carbocycles. The van der Waals surface area contributed by atoms with Gasteiger partial charge in [-0.1, -0.05) is 29.8 Å². The third-order valence-corrected chi connectivity index (χ3v) is 6.41. The van der Waals surface area contributed by atoms with E-state index in [1.165, 1.54) is 25.1 Å². The summed E-state index contributed by atoms with van der Waals surface area (Å²) in [5, 5.41) is 5.31. The topological polar surface area (TPSA) is 104 Å². The number of halogens is 1. The van der Waals surface area contributed by atoms with Crippen LogP contribution < -0.4 is 15.4 Å². The van der Waals surface area contributed by atoms with Gasteiger partial charge in [-0.25, -0.2) is 8.42 Å². The second-order valence-corrected chi connectivity index (χ2v) is 9.34. The number of sulfonamides is 1. The first-order valence-electron chi connectivity index (χ1n) is 9.64. The summed E-state index contributed by atoms with van der Waals surface area (Å²) in [5.74, 6) is -0.762. The van der Waals surface area contributed by atoms with Crippen LogP contribution in [-0.2, 0) is 14.8 Å². The highest BCUT2D eigenvalue weighted by atomic mass is 35.5. The zero-order valence-corrected chi connectivity index (χ0v) is 19.3. The van der Waals surface area contributed by atoms with Crippen LogP contribution in [0.15, 0.2) is 65.6 Å². The minimum Gasteiger partial charge on any atom is -0.326 e. The summed E-state index contributed by atoms with van der Waals surface area (Å²) < 4.78 is 28.5. The molecule has 32 heavy (non-hydrogen) atoms. The van der Waals surface area contributed by atoms with E-state index >= 15 is 0 Å². The molecule has 2 amide bonds. The molecule has 166 valence electrons. The number of amides is 2. The van der Waals surface area contributed by atoms with Crippen molar-refractivity contribution < 1.29 is 18.0 Å². The number of carbonyl (C=O) groups is 2. The molecular weight excluding hydrogens is 450 g/mol. The average Bonchev–Trinajstić information content (AvgIpc) is 2.70. The Morgan fingerprint density at radius 3 is 2.25 bits per heavy atom. The summed E-state index contributed by atoms with van der Waals surface area (Å²) in [6.45, 7) is 5.03. The van der Waals surface area contributed by atoms with Gasteiger partial charge in [0.05, 0.1) is 10.7 Å². The molecule has 0 saturated heterocycles. The first-order valence-corrected chi connectivity index (χ1v) is 11.5. The fourth-order valence-corrected chi connectivity index (χ4v) is 4.63. The van der Waals surface area contributed by atoms with Crippen LogP contribution in [0.1, 0.15) is 28.4 Å². The third-order valence-electron chi connectivity index (χ3n) is 4.56. The minimum absolute atomic E-state index is 0.00740. The van der Waals surface area contributed by atoms with E-state index in [-0.39, 0.29) is 21.4 Å². The highest BCUT2D eigenvalue weighted by Gasteiger charge is 2.21. The van der Waals surface area contributed by atoms with Crippen LogP contribution in [0, 0.1) is 13.8 Å². The van der Waals surface area contributed by atoms with Gasteiger partial charge in [0.15, 0.2) is 0 Å². The molecule has 3 N–H and O–H groups in total. The van der Waals surface area contributed by atoms with Crippen LogP contribution in [0.4, 0.5) is 17.1 Å².